The van der Waals surface area contributed by atoms with Gasteiger partial charge in [-0.05, 0) is 100 Å². The summed E-state index contributed by atoms with van der Waals surface area (Å²) in [6.07, 6.45) is 17.1. The molecule has 2 saturated carbocycles. The second-order valence-corrected chi connectivity index (χ2v) is 11.3. The maximum Gasteiger partial charge on any atom is 0.228 e. The van der Waals surface area contributed by atoms with Crippen molar-refractivity contribution < 1.29 is 9.53 Å². The van der Waals surface area contributed by atoms with Crippen molar-refractivity contribution >= 4 is 11.6 Å². The Morgan fingerprint density at radius 1 is 1.25 bits per heavy atom. The van der Waals surface area contributed by atoms with Gasteiger partial charge in [0.15, 0.2) is 0 Å². The van der Waals surface area contributed by atoms with Crippen molar-refractivity contribution in [3.8, 4) is 0 Å². The Hall–Kier alpha value is -1.98. The van der Waals surface area contributed by atoms with Crippen molar-refractivity contribution in [1.29, 1.82) is 0 Å². The van der Waals surface area contributed by atoms with Gasteiger partial charge in [0.1, 0.15) is 0 Å². The Labute approximate surface area is 191 Å². The molecule has 0 aromatic carbocycles. The number of ether oxygens (including phenoxy) is 1. The standard InChI is InChI=1S/C27H35N3O2/c1-25-11-10-19-15-18-6-7-21(30(2)3)16-26(18)12-13-27(19,32-26)23(25)9-8-22(25)24(31)29-20-5-4-14-28-17-20/h4-5,10,14-15,17,21-23H,6-9,11-13,16H2,1-3H3,(H,29,31)/t21-,22?,23-,25-,26-,27-/m1/s1. The molecule has 0 radical (unpaired) electrons. The minimum atomic E-state index is -0.200. The van der Waals surface area contributed by atoms with Crippen molar-refractivity contribution in [2.75, 3.05) is 19.4 Å². The van der Waals surface area contributed by atoms with Gasteiger partial charge in [0.05, 0.1) is 23.1 Å². The average Bonchev–Trinajstić information content (AvgIpc) is 3.29. The fourth-order valence-corrected chi connectivity index (χ4v) is 7.92. The van der Waals surface area contributed by atoms with Crippen LogP contribution in [0.4, 0.5) is 5.69 Å². The van der Waals surface area contributed by atoms with Crippen molar-refractivity contribution in [1.82, 2.24) is 9.88 Å². The van der Waals surface area contributed by atoms with E-state index in [-0.39, 0.29) is 28.4 Å². The number of allylic oxidation sites excluding steroid dienone is 1. The zero-order valence-electron chi connectivity index (χ0n) is 19.6. The highest BCUT2D eigenvalue weighted by atomic mass is 16.5. The molecule has 1 unspecified atom stereocenters. The number of anilines is 1. The van der Waals surface area contributed by atoms with Crippen LogP contribution in [0.25, 0.3) is 0 Å². The first-order chi connectivity index (χ1) is 15.4. The summed E-state index contributed by atoms with van der Waals surface area (Å²) in [5.41, 5.74) is 3.38. The van der Waals surface area contributed by atoms with Crippen molar-refractivity contribution in [3.05, 3.63) is 47.8 Å². The number of carbonyl (C=O) groups is 1. The van der Waals surface area contributed by atoms with Gasteiger partial charge in [-0.2, -0.15) is 0 Å². The molecule has 5 nitrogen and oxygen atoms in total. The largest absolute Gasteiger partial charge is 0.359 e. The molecule has 1 amide bonds. The predicted molar refractivity (Wildman–Crippen MR) is 125 cm³/mol. The molecule has 1 saturated heterocycles. The van der Waals surface area contributed by atoms with E-state index < -0.39 is 0 Å². The van der Waals surface area contributed by atoms with Crippen molar-refractivity contribution in [3.63, 3.8) is 0 Å². The van der Waals surface area contributed by atoms with Gasteiger partial charge in [-0.3, -0.25) is 9.78 Å². The molecule has 6 rings (SSSR count). The Morgan fingerprint density at radius 2 is 2.12 bits per heavy atom. The highest BCUT2D eigenvalue weighted by molar-refractivity contribution is 5.93. The first kappa shape index (κ1) is 20.6. The predicted octanol–water partition coefficient (Wildman–Crippen LogP) is 4.72. The number of nitrogens with one attached hydrogen (secondary N) is 1. The van der Waals surface area contributed by atoms with E-state index in [9.17, 15) is 4.79 Å². The first-order valence-corrected chi connectivity index (χ1v) is 12.4. The van der Waals surface area contributed by atoms with Gasteiger partial charge in [0.2, 0.25) is 5.91 Å². The lowest BCUT2D eigenvalue weighted by atomic mass is 9.58. The van der Waals surface area contributed by atoms with Crippen LogP contribution in [0.15, 0.2) is 47.8 Å². The number of amides is 1. The maximum absolute atomic E-state index is 13.4. The van der Waals surface area contributed by atoms with E-state index in [4.69, 9.17) is 4.74 Å². The van der Waals surface area contributed by atoms with E-state index in [1.807, 2.05) is 12.1 Å². The molecule has 1 aromatic heterocycles. The Balaban J connectivity index is 1.31. The van der Waals surface area contributed by atoms with E-state index in [1.165, 1.54) is 17.6 Å². The molecule has 3 fully saturated rings. The second-order valence-electron chi connectivity index (χ2n) is 11.3. The van der Waals surface area contributed by atoms with Gasteiger partial charge in [-0.1, -0.05) is 19.1 Å². The number of carbonyl (C=O) groups excluding carboxylic acids is 1. The quantitative estimate of drug-likeness (QED) is 0.749. The minimum absolute atomic E-state index is 0.00582. The lowest BCUT2D eigenvalue weighted by molar-refractivity contribution is -0.146. The molecule has 5 heteroatoms. The van der Waals surface area contributed by atoms with Gasteiger partial charge >= 0.3 is 0 Å². The highest BCUT2D eigenvalue weighted by Gasteiger charge is 2.67. The molecule has 32 heavy (non-hydrogen) atoms. The zero-order chi connectivity index (χ0) is 22.1. The SMILES string of the molecule is CN(C)[C@@H]1CCC2=CC3=CC[C@]4(C)C(C(=O)Nc5cccnc5)CC[C@H]4[C@@]34CC[C@]2(C1)O4. The van der Waals surface area contributed by atoms with Crippen LogP contribution in [0.1, 0.15) is 58.3 Å². The maximum atomic E-state index is 13.4. The molecule has 5 aliphatic rings. The van der Waals surface area contributed by atoms with Crippen molar-refractivity contribution in [2.24, 2.45) is 17.3 Å². The normalized spacial score (nSPS) is 41.9. The molecule has 1 N–H and O–H groups in total. The van der Waals surface area contributed by atoms with Gasteiger partial charge in [-0.15, -0.1) is 0 Å². The van der Waals surface area contributed by atoms with E-state index in [0.29, 0.717) is 12.0 Å². The van der Waals surface area contributed by atoms with E-state index in [1.54, 1.807) is 12.4 Å². The van der Waals surface area contributed by atoms with Crippen LogP contribution < -0.4 is 5.32 Å². The molecule has 3 aliphatic carbocycles. The van der Waals surface area contributed by atoms with Gasteiger partial charge in [-0.25, -0.2) is 0 Å². The van der Waals surface area contributed by atoms with Crippen LogP contribution in [0.3, 0.4) is 0 Å². The second kappa shape index (κ2) is 7.01. The number of pyridine rings is 1. The summed E-state index contributed by atoms with van der Waals surface area (Å²) in [5.74, 6) is 0.546. The molecule has 2 spiro atoms. The van der Waals surface area contributed by atoms with Crippen LogP contribution in [-0.2, 0) is 9.53 Å². The Kier molecular flexibility index (Phi) is 4.51. The number of nitrogens with zero attached hydrogens (tertiary/aromatic N) is 2. The number of fused-ring (bicyclic) bond motifs is 1. The smallest absolute Gasteiger partial charge is 0.228 e. The lowest BCUT2D eigenvalue weighted by Crippen LogP contribution is -2.55. The Morgan fingerprint density at radius 3 is 2.91 bits per heavy atom. The fraction of sp³-hybridized carbons (Fsp3) is 0.630. The summed E-state index contributed by atoms with van der Waals surface area (Å²) >= 11 is 0. The molecular formula is C27H35N3O2. The van der Waals surface area contributed by atoms with E-state index in [0.717, 1.165) is 50.6 Å². The Bertz CT molecular complexity index is 1000. The molecule has 3 heterocycles. The summed E-state index contributed by atoms with van der Waals surface area (Å²) in [4.78, 5) is 19.9. The van der Waals surface area contributed by atoms with Gasteiger partial charge < -0.3 is 15.0 Å². The summed E-state index contributed by atoms with van der Waals surface area (Å²) < 4.78 is 7.28. The zero-order valence-corrected chi connectivity index (χ0v) is 19.6. The summed E-state index contributed by atoms with van der Waals surface area (Å²) in [6, 6.07) is 4.37. The van der Waals surface area contributed by atoms with Crippen LogP contribution in [0.5, 0.6) is 0 Å². The number of hydrogen-bond acceptors (Lipinski definition) is 4. The molecule has 6 atom stereocenters. The number of aromatic nitrogens is 1. The first-order valence-electron chi connectivity index (χ1n) is 12.4. The third-order valence-electron chi connectivity index (χ3n) is 9.63. The van der Waals surface area contributed by atoms with Crippen molar-refractivity contribution in [2.45, 2.75) is 75.5 Å². The van der Waals surface area contributed by atoms with Crippen LogP contribution in [0, 0.1) is 17.3 Å². The third-order valence-corrected chi connectivity index (χ3v) is 9.63. The molecule has 170 valence electrons. The topological polar surface area (TPSA) is 54.5 Å². The van der Waals surface area contributed by atoms with Crippen LogP contribution in [-0.4, -0.2) is 47.1 Å². The van der Waals surface area contributed by atoms with Gasteiger partial charge in [0.25, 0.3) is 0 Å². The number of hydrogen-bond donors (Lipinski definition) is 1. The minimum Gasteiger partial charge on any atom is -0.359 e. The van der Waals surface area contributed by atoms with Gasteiger partial charge in [0, 0.05) is 18.2 Å². The summed E-state index contributed by atoms with van der Waals surface area (Å²) in [6.45, 7) is 2.34. The summed E-state index contributed by atoms with van der Waals surface area (Å²) in [7, 11) is 4.41. The third kappa shape index (κ3) is 2.76. The van der Waals surface area contributed by atoms with Crippen LogP contribution >= 0.6 is 0 Å². The van der Waals surface area contributed by atoms with E-state index >= 15 is 0 Å². The summed E-state index contributed by atoms with van der Waals surface area (Å²) in [5, 5.41) is 3.14. The average molecular weight is 434 g/mol. The molecular weight excluding hydrogens is 398 g/mol. The monoisotopic (exact) mass is 433 g/mol. The molecule has 1 aromatic rings. The fourth-order valence-electron chi connectivity index (χ4n) is 7.92. The lowest BCUT2D eigenvalue weighted by Gasteiger charge is -2.54. The van der Waals surface area contributed by atoms with Crippen LogP contribution in [0.2, 0.25) is 0 Å². The molecule has 2 aliphatic heterocycles. The number of rotatable bonds is 3. The van der Waals surface area contributed by atoms with E-state index in [2.05, 4.69) is 48.4 Å². The molecule has 2 bridgehead atoms. The highest BCUT2D eigenvalue weighted by Crippen LogP contribution is 2.67.